The van der Waals surface area contributed by atoms with Gasteiger partial charge in [0.1, 0.15) is 0 Å². The van der Waals surface area contributed by atoms with Crippen LogP contribution in [0.2, 0.25) is 0 Å². The predicted octanol–water partition coefficient (Wildman–Crippen LogP) is 1.34. The molecule has 3 aliphatic heterocycles. The number of benzene rings is 1. The average Bonchev–Trinajstić information content (AvgIpc) is 3.07. The molecule has 0 unspecified atom stereocenters. The molecule has 8 nitrogen and oxygen atoms in total. The molecular formula is C18H22N6O2. The second kappa shape index (κ2) is 6.86. The summed E-state index contributed by atoms with van der Waals surface area (Å²) in [6.45, 7) is 3.91. The van der Waals surface area contributed by atoms with E-state index >= 15 is 0 Å². The lowest BCUT2D eigenvalue weighted by molar-refractivity contribution is -0.139. The Bertz CT molecular complexity index is 806. The maximum atomic E-state index is 13.3. The van der Waals surface area contributed by atoms with Crippen LogP contribution in [0, 0.1) is 5.92 Å². The zero-order valence-electron chi connectivity index (χ0n) is 14.8. The molecule has 5 rings (SSSR count). The van der Waals surface area contributed by atoms with Crippen molar-refractivity contribution in [2.45, 2.75) is 32.2 Å². The number of nitrogens with zero attached hydrogens (tertiary/aromatic N) is 5. The van der Waals surface area contributed by atoms with Gasteiger partial charge in [-0.25, -0.2) is 0 Å². The van der Waals surface area contributed by atoms with Gasteiger partial charge in [-0.05, 0) is 30.5 Å². The van der Waals surface area contributed by atoms with Crippen molar-refractivity contribution in [3.63, 3.8) is 0 Å². The number of H-pyrrole nitrogens is 1. The van der Waals surface area contributed by atoms with Gasteiger partial charge in [-0.15, -0.1) is 10.2 Å². The summed E-state index contributed by atoms with van der Waals surface area (Å²) in [6, 6.07) is 7.40. The first-order valence-corrected chi connectivity index (χ1v) is 9.11. The molecule has 8 heteroatoms. The molecule has 136 valence electrons. The first kappa shape index (κ1) is 16.7. The van der Waals surface area contributed by atoms with Crippen LogP contribution in [0.1, 0.15) is 36.5 Å². The van der Waals surface area contributed by atoms with Crippen LogP contribution in [0.15, 0.2) is 24.3 Å². The Balaban J connectivity index is 1.63. The highest BCUT2D eigenvalue weighted by atomic mass is 16.2. The summed E-state index contributed by atoms with van der Waals surface area (Å²) >= 11 is 0. The monoisotopic (exact) mass is 354 g/mol. The van der Waals surface area contributed by atoms with Crippen molar-refractivity contribution < 1.29 is 9.59 Å². The van der Waals surface area contributed by atoms with E-state index < -0.39 is 0 Å². The number of nitrogens with one attached hydrogen (secondary N) is 1. The number of fused-ring (bicyclic) bond motifs is 4. The van der Waals surface area contributed by atoms with Crippen LogP contribution in [-0.2, 0) is 4.79 Å². The first-order valence-electron chi connectivity index (χ1n) is 9.11. The summed E-state index contributed by atoms with van der Waals surface area (Å²) in [5.74, 6) is 0.426. The Morgan fingerprint density at radius 2 is 2.12 bits per heavy atom. The van der Waals surface area contributed by atoms with E-state index in [1.807, 2.05) is 28.0 Å². The maximum Gasteiger partial charge on any atom is 0.254 e. The number of carbonyl (C=O) groups excluding carboxylic acids is 2. The minimum atomic E-state index is -0.0958. The van der Waals surface area contributed by atoms with E-state index in [1.165, 1.54) is 0 Å². The van der Waals surface area contributed by atoms with Crippen molar-refractivity contribution in [1.29, 1.82) is 0 Å². The molecule has 2 bridgehead atoms. The number of rotatable bonds is 4. The number of hydrogen-bond acceptors (Lipinski definition) is 5. The lowest BCUT2D eigenvalue weighted by atomic mass is 9.94. The van der Waals surface area contributed by atoms with E-state index in [1.54, 1.807) is 6.07 Å². The Morgan fingerprint density at radius 3 is 2.88 bits per heavy atom. The van der Waals surface area contributed by atoms with Gasteiger partial charge in [-0.1, -0.05) is 25.1 Å². The van der Waals surface area contributed by atoms with Gasteiger partial charge in [-0.3, -0.25) is 9.59 Å². The summed E-state index contributed by atoms with van der Waals surface area (Å²) in [6.07, 6.45) is 2.76. The fourth-order valence-corrected chi connectivity index (χ4v) is 4.05. The van der Waals surface area contributed by atoms with Crippen LogP contribution in [0.3, 0.4) is 0 Å². The highest BCUT2D eigenvalue weighted by molar-refractivity contribution is 6.00. The van der Waals surface area contributed by atoms with E-state index in [-0.39, 0.29) is 23.8 Å². The second-order valence-corrected chi connectivity index (χ2v) is 6.95. The van der Waals surface area contributed by atoms with E-state index in [4.69, 9.17) is 0 Å². The zero-order valence-corrected chi connectivity index (χ0v) is 14.8. The second-order valence-electron chi connectivity index (χ2n) is 6.95. The topological polar surface area (TPSA) is 95.1 Å². The van der Waals surface area contributed by atoms with E-state index in [0.29, 0.717) is 30.0 Å². The third kappa shape index (κ3) is 2.85. The molecule has 2 aromatic rings. The first-order chi connectivity index (χ1) is 12.7. The predicted molar refractivity (Wildman–Crippen MR) is 94.0 cm³/mol. The van der Waals surface area contributed by atoms with Crippen LogP contribution in [0.25, 0.3) is 11.4 Å². The Morgan fingerprint density at radius 1 is 1.27 bits per heavy atom. The Hall–Kier alpha value is -2.77. The lowest BCUT2D eigenvalue weighted by Gasteiger charge is -2.35. The molecule has 2 atom stereocenters. The van der Waals surface area contributed by atoms with Crippen molar-refractivity contribution in [2.75, 3.05) is 19.6 Å². The van der Waals surface area contributed by atoms with Crippen molar-refractivity contribution in [3.8, 4) is 11.4 Å². The number of aromatic nitrogens is 4. The lowest BCUT2D eigenvalue weighted by Crippen LogP contribution is -2.48. The van der Waals surface area contributed by atoms with Crippen molar-refractivity contribution in [1.82, 2.24) is 30.4 Å². The largest absolute Gasteiger partial charge is 0.338 e. The van der Waals surface area contributed by atoms with E-state index in [2.05, 4.69) is 27.5 Å². The SMILES string of the molecule is CCCN1C(=O)[C@H]2CC[C@@H]1CN(C(=O)c1ccccc1-c1nn[nH]n1)C2. The Kier molecular flexibility index (Phi) is 4.40. The van der Waals surface area contributed by atoms with Gasteiger partial charge in [0.25, 0.3) is 5.91 Å². The molecular weight excluding hydrogens is 332 g/mol. The summed E-state index contributed by atoms with van der Waals surface area (Å²) in [4.78, 5) is 29.8. The molecule has 1 N–H and O–H groups in total. The number of carbonyl (C=O) groups is 2. The van der Waals surface area contributed by atoms with Crippen LogP contribution in [0.5, 0.6) is 0 Å². The summed E-state index contributed by atoms with van der Waals surface area (Å²) in [5.41, 5.74) is 1.20. The van der Waals surface area contributed by atoms with Gasteiger partial charge in [0, 0.05) is 31.2 Å². The van der Waals surface area contributed by atoms with Gasteiger partial charge in [0.15, 0.2) is 0 Å². The minimum absolute atomic E-state index is 0.0755. The fourth-order valence-electron chi connectivity index (χ4n) is 4.05. The quantitative estimate of drug-likeness (QED) is 0.894. The molecule has 0 spiro atoms. The third-order valence-corrected chi connectivity index (χ3v) is 5.29. The van der Waals surface area contributed by atoms with Crippen molar-refractivity contribution in [2.24, 2.45) is 5.92 Å². The van der Waals surface area contributed by atoms with Crippen molar-refractivity contribution in [3.05, 3.63) is 29.8 Å². The van der Waals surface area contributed by atoms with Gasteiger partial charge < -0.3 is 9.80 Å². The zero-order chi connectivity index (χ0) is 18.1. The summed E-state index contributed by atoms with van der Waals surface area (Å²) in [5, 5.41) is 14.0. The third-order valence-electron chi connectivity index (χ3n) is 5.29. The van der Waals surface area contributed by atoms with Gasteiger partial charge in [-0.2, -0.15) is 5.21 Å². The van der Waals surface area contributed by atoms with Gasteiger partial charge >= 0.3 is 0 Å². The highest BCUT2D eigenvalue weighted by Gasteiger charge is 2.41. The fraction of sp³-hybridized carbons (Fsp3) is 0.500. The smallest absolute Gasteiger partial charge is 0.254 e. The summed E-state index contributed by atoms with van der Waals surface area (Å²) in [7, 11) is 0. The van der Waals surface area contributed by atoms with E-state index in [0.717, 1.165) is 25.8 Å². The molecule has 0 radical (unpaired) electrons. The van der Waals surface area contributed by atoms with Crippen LogP contribution in [-0.4, -0.2) is 67.9 Å². The number of hydrogen-bond donors (Lipinski definition) is 1. The molecule has 3 saturated heterocycles. The van der Waals surface area contributed by atoms with Crippen LogP contribution in [0.4, 0.5) is 0 Å². The molecule has 26 heavy (non-hydrogen) atoms. The molecule has 3 fully saturated rings. The van der Waals surface area contributed by atoms with Crippen LogP contribution < -0.4 is 0 Å². The number of piperidine rings is 1. The standard InChI is InChI=1S/C18H22N6O2/c1-2-9-24-13-8-7-12(17(24)25)10-23(11-13)18(26)15-6-4-3-5-14(15)16-19-21-22-20-16/h3-6,12-13H,2,7-11H2,1H3,(H,19,20,21,22)/t12-,13+/m0/s1. The van der Waals surface area contributed by atoms with Crippen LogP contribution >= 0.6 is 0 Å². The molecule has 3 aliphatic rings. The Labute approximate surface area is 151 Å². The average molecular weight is 354 g/mol. The number of amides is 2. The molecule has 2 amide bonds. The number of aromatic amines is 1. The van der Waals surface area contributed by atoms with Crippen molar-refractivity contribution >= 4 is 11.8 Å². The highest BCUT2D eigenvalue weighted by Crippen LogP contribution is 2.31. The van der Waals surface area contributed by atoms with Gasteiger partial charge in [0.05, 0.1) is 11.5 Å². The minimum Gasteiger partial charge on any atom is -0.338 e. The normalized spacial score (nSPS) is 22.6. The van der Waals surface area contributed by atoms with Gasteiger partial charge in [0.2, 0.25) is 11.7 Å². The number of tetrazole rings is 1. The molecule has 1 aromatic heterocycles. The maximum absolute atomic E-state index is 13.3. The van der Waals surface area contributed by atoms with E-state index in [9.17, 15) is 9.59 Å². The molecule has 4 heterocycles. The molecule has 1 aromatic carbocycles. The molecule has 0 aliphatic carbocycles. The molecule has 0 saturated carbocycles. The summed E-state index contributed by atoms with van der Waals surface area (Å²) < 4.78 is 0.